The molecule has 1 N–H and O–H groups in total. The molecule has 0 bridgehead atoms. The van der Waals surface area contributed by atoms with Crippen LogP contribution in [0.3, 0.4) is 0 Å². The number of hydrogen-bond donors (Lipinski definition) is 1. The molecule has 1 unspecified atom stereocenters. The van der Waals surface area contributed by atoms with Crippen molar-refractivity contribution < 1.29 is 22.4 Å². The second kappa shape index (κ2) is 8.79. The van der Waals surface area contributed by atoms with E-state index in [1.807, 2.05) is 13.0 Å². The van der Waals surface area contributed by atoms with Crippen LogP contribution in [0.25, 0.3) is 11.1 Å². The van der Waals surface area contributed by atoms with E-state index < -0.39 is 21.7 Å². The van der Waals surface area contributed by atoms with Gasteiger partial charge in [-0.2, -0.15) is 4.31 Å². The highest BCUT2D eigenvalue weighted by Crippen LogP contribution is 2.28. The quantitative estimate of drug-likeness (QED) is 0.607. The van der Waals surface area contributed by atoms with Crippen LogP contribution in [0.1, 0.15) is 19.8 Å². The van der Waals surface area contributed by atoms with E-state index in [4.69, 9.17) is 9.15 Å². The number of oxazole rings is 1. The fourth-order valence-corrected chi connectivity index (χ4v) is 5.42. The number of benzene rings is 2. The Balaban J connectivity index is 1.53. The van der Waals surface area contributed by atoms with Gasteiger partial charge in [0.1, 0.15) is 5.75 Å². The molecule has 32 heavy (non-hydrogen) atoms. The summed E-state index contributed by atoms with van der Waals surface area (Å²) in [6.45, 7) is 2.72. The molecule has 3 aromatic rings. The molecule has 2 aromatic carbocycles. The van der Waals surface area contributed by atoms with Gasteiger partial charge in [0.15, 0.2) is 5.58 Å². The highest BCUT2D eigenvalue weighted by atomic mass is 32.2. The standard InChI is InChI=1S/C22H25N3O6S/c1-3-30-19-9-5-4-8-17(19)23-21(26)15-7-6-12-25(14-15)32(28,29)16-10-11-18-20(13-16)31-22(27)24(18)2/h4-5,8-11,13,15H,3,6-7,12,14H2,1-2H3,(H,23,26). The van der Waals surface area contributed by atoms with Gasteiger partial charge in [0.05, 0.1) is 28.6 Å². The van der Waals surface area contributed by atoms with Gasteiger partial charge in [-0.25, -0.2) is 13.2 Å². The van der Waals surface area contributed by atoms with Crippen LogP contribution in [0.4, 0.5) is 5.69 Å². The van der Waals surface area contributed by atoms with E-state index in [-0.39, 0.29) is 22.9 Å². The number of ether oxygens (including phenoxy) is 1. The lowest BCUT2D eigenvalue weighted by molar-refractivity contribution is -0.120. The molecule has 0 spiro atoms. The highest BCUT2D eigenvalue weighted by molar-refractivity contribution is 7.89. The molecule has 0 radical (unpaired) electrons. The Morgan fingerprint density at radius 2 is 2.03 bits per heavy atom. The lowest BCUT2D eigenvalue weighted by Crippen LogP contribution is -2.43. The van der Waals surface area contributed by atoms with Crippen molar-refractivity contribution >= 4 is 32.7 Å². The summed E-state index contributed by atoms with van der Waals surface area (Å²) in [5.41, 5.74) is 1.28. The number of aromatic nitrogens is 1. The maximum atomic E-state index is 13.2. The summed E-state index contributed by atoms with van der Waals surface area (Å²) in [5, 5.41) is 2.87. The largest absolute Gasteiger partial charge is 0.492 e. The Bertz CT molecular complexity index is 1310. The Morgan fingerprint density at radius 3 is 2.81 bits per heavy atom. The molecular weight excluding hydrogens is 434 g/mol. The van der Waals surface area contributed by atoms with Crippen LogP contribution in [0.15, 0.2) is 56.6 Å². The number of carbonyl (C=O) groups excluding carboxylic acids is 1. The van der Waals surface area contributed by atoms with Crippen LogP contribution in [0, 0.1) is 5.92 Å². The molecular formula is C22H25N3O6S. The van der Waals surface area contributed by atoms with Gasteiger partial charge in [0, 0.05) is 26.2 Å². The van der Waals surface area contributed by atoms with Crippen LogP contribution >= 0.6 is 0 Å². The molecule has 1 saturated heterocycles. The minimum atomic E-state index is -3.86. The monoisotopic (exact) mass is 459 g/mol. The van der Waals surface area contributed by atoms with Gasteiger partial charge in [-0.3, -0.25) is 9.36 Å². The lowest BCUT2D eigenvalue weighted by Gasteiger charge is -2.31. The van der Waals surface area contributed by atoms with Gasteiger partial charge in [0.2, 0.25) is 15.9 Å². The minimum Gasteiger partial charge on any atom is -0.492 e. The number of hydrogen-bond acceptors (Lipinski definition) is 6. The van der Waals surface area contributed by atoms with E-state index in [1.54, 1.807) is 31.3 Å². The predicted octanol–water partition coefficient (Wildman–Crippen LogP) is 2.57. The van der Waals surface area contributed by atoms with Gasteiger partial charge >= 0.3 is 5.76 Å². The molecule has 4 rings (SSSR count). The molecule has 9 nitrogen and oxygen atoms in total. The van der Waals surface area contributed by atoms with Gasteiger partial charge in [-0.15, -0.1) is 0 Å². The number of nitrogens with one attached hydrogen (secondary N) is 1. The van der Waals surface area contributed by atoms with E-state index in [0.717, 1.165) is 0 Å². The topological polar surface area (TPSA) is 111 Å². The molecule has 1 aliphatic rings. The first-order valence-corrected chi connectivity index (χ1v) is 11.9. The second-order valence-electron chi connectivity index (χ2n) is 7.68. The molecule has 1 aromatic heterocycles. The van der Waals surface area contributed by atoms with Crippen molar-refractivity contribution in [3.63, 3.8) is 0 Å². The summed E-state index contributed by atoms with van der Waals surface area (Å²) in [6.07, 6.45) is 1.15. The van der Waals surface area contributed by atoms with Crippen LogP contribution in [0.2, 0.25) is 0 Å². The molecule has 0 saturated carbocycles. The number of anilines is 1. The molecule has 1 atom stereocenters. The smallest absolute Gasteiger partial charge is 0.419 e. The van der Waals surface area contributed by atoms with Crippen LogP contribution in [-0.2, 0) is 21.9 Å². The summed E-state index contributed by atoms with van der Waals surface area (Å²) in [5.74, 6) is -0.731. The lowest BCUT2D eigenvalue weighted by atomic mass is 9.98. The molecule has 1 amide bonds. The number of fused-ring (bicyclic) bond motifs is 1. The summed E-state index contributed by atoms with van der Waals surface area (Å²) in [4.78, 5) is 24.7. The van der Waals surface area contributed by atoms with Crippen LogP contribution < -0.4 is 15.8 Å². The third-order valence-electron chi connectivity index (χ3n) is 5.60. The fraction of sp³-hybridized carbons (Fsp3) is 0.364. The normalized spacial score (nSPS) is 17.4. The highest BCUT2D eigenvalue weighted by Gasteiger charge is 2.34. The van der Waals surface area contributed by atoms with Crippen molar-refractivity contribution in [2.24, 2.45) is 13.0 Å². The number of piperidine rings is 1. The van der Waals surface area contributed by atoms with Crippen molar-refractivity contribution in [2.75, 3.05) is 25.0 Å². The SMILES string of the molecule is CCOc1ccccc1NC(=O)C1CCCN(S(=O)(=O)c2ccc3c(c2)oc(=O)n3C)C1. The zero-order valence-electron chi connectivity index (χ0n) is 17.9. The van der Waals surface area contributed by atoms with Crippen molar-refractivity contribution in [2.45, 2.75) is 24.7 Å². The average molecular weight is 460 g/mol. The summed E-state index contributed by atoms with van der Waals surface area (Å²) >= 11 is 0. The first kappa shape index (κ1) is 22.1. The van der Waals surface area contributed by atoms with Gasteiger partial charge in [-0.1, -0.05) is 12.1 Å². The molecule has 0 aliphatic carbocycles. The Labute approximate surface area is 185 Å². The number of rotatable bonds is 6. The Morgan fingerprint density at radius 1 is 1.25 bits per heavy atom. The van der Waals surface area contributed by atoms with E-state index in [2.05, 4.69) is 5.32 Å². The van der Waals surface area contributed by atoms with Crippen molar-refractivity contribution in [3.8, 4) is 5.75 Å². The third kappa shape index (κ3) is 4.15. The summed E-state index contributed by atoms with van der Waals surface area (Å²) in [7, 11) is -2.30. The molecule has 1 aliphatic heterocycles. The van der Waals surface area contributed by atoms with Crippen molar-refractivity contribution in [1.29, 1.82) is 0 Å². The first-order valence-electron chi connectivity index (χ1n) is 10.4. The Hall–Kier alpha value is -3.11. The average Bonchev–Trinajstić information content (AvgIpc) is 3.08. The van der Waals surface area contributed by atoms with E-state index in [0.29, 0.717) is 42.9 Å². The molecule has 1 fully saturated rings. The molecule has 10 heteroatoms. The van der Waals surface area contributed by atoms with Gasteiger partial charge in [-0.05, 0) is 44.0 Å². The van der Waals surface area contributed by atoms with E-state index >= 15 is 0 Å². The fourth-order valence-electron chi connectivity index (χ4n) is 3.88. The summed E-state index contributed by atoms with van der Waals surface area (Å²) in [6, 6.07) is 11.5. The van der Waals surface area contributed by atoms with E-state index in [9.17, 15) is 18.0 Å². The number of para-hydroxylation sites is 2. The van der Waals surface area contributed by atoms with Crippen LogP contribution in [0.5, 0.6) is 5.75 Å². The van der Waals surface area contributed by atoms with E-state index in [1.165, 1.54) is 21.0 Å². The minimum absolute atomic E-state index is 0.0297. The number of carbonyl (C=O) groups is 1. The van der Waals surface area contributed by atoms with Crippen molar-refractivity contribution in [1.82, 2.24) is 8.87 Å². The second-order valence-corrected chi connectivity index (χ2v) is 9.62. The first-order chi connectivity index (χ1) is 15.3. The maximum Gasteiger partial charge on any atom is 0.419 e. The zero-order valence-corrected chi connectivity index (χ0v) is 18.7. The van der Waals surface area contributed by atoms with Crippen LogP contribution in [-0.4, -0.2) is 42.9 Å². The third-order valence-corrected chi connectivity index (χ3v) is 7.46. The van der Waals surface area contributed by atoms with Crippen molar-refractivity contribution in [3.05, 3.63) is 53.0 Å². The summed E-state index contributed by atoms with van der Waals surface area (Å²) < 4.78 is 39.8. The Kier molecular flexibility index (Phi) is 6.07. The zero-order chi connectivity index (χ0) is 22.9. The number of nitrogens with zero attached hydrogens (tertiary/aromatic N) is 2. The predicted molar refractivity (Wildman–Crippen MR) is 119 cm³/mol. The van der Waals surface area contributed by atoms with Gasteiger partial charge in [0.25, 0.3) is 0 Å². The maximum absolute atomic E-state index is 13.2. The number of amides is 1. The molecule has 170 valence electrons. The molecule has 2 heterocycles. The van der Waals surface area contributed by atoms with Gasteiger partial charge < -0.3 is 14.5 Å². The number of sulfonamides is 1. The number of aryl methyl sites for hydroxylation is 1.